The first-order chi connectivity index (χ1) is 29.3. The third-order valence-corrected chi connectivity index (χ3v) is 10.5. The highest BCUT2D eigenvalue weighted by Gasteiger charge is 2.50. The molecule has 2 N–H and O–H groups in total. The van der Waals surface area contributed by atoms with Crippen molar-refractivity contribution >= 4 is 23.8 Å². The Labute approximate surface area is 359 Å². The highest BCUT2D eigenvalue weighted by atomic mass is 19.4. The Morgan fingerprint density at radius 3 is 1.61 bits per heavy atom. The number of carbonyl (C=O) groups is 4. The molecule has 4 aromatic rings. The second kappa shape index (κ2) is 21.2. The predicted molar refractivity (Wildman–Crippen MR) is 222 cm³/mol. The molecule has 0 aliphatic carbocycles. The van der Waals surface area contributed by atoms with Gasteiger partial charge in [0.1, 0.15) is 31.3 Å². The van der Waals surface area contributed by atoms with Gasteiger partial charge in [-0.1, -0.05) is 97.9 Å². The van der Waals surface area contributed by atoms with Crippen molar-refractivity contribution in [3.05, 3.63) is 131 Å². The average Bonchev–Trinajstić information content (AvgIpc) is 3.25. The van der Waals surface area contributed by atoms with E-state index < -0.39 is 64.2 Å². The van der Waals surface area contributed by atoms with E-state index in [1.807, 2.05) is 91.0 Å². The molecule has 334 valence electrons. The van der Waals surface area contributed by atoms with Crippen molar-refractivity contribution in [1.29, 1.82) is 0 Å². The second-order valence-electron chi connectivity index (χ2n) is 16.0. The number of ether oxygens (including phenoxy) is 5. The Balaban J connectivity index is 1.42. The lowest BCUT2D eigenvalue weighted by Gasteiger charge is -2.39. The maximum absolute atomic E-state index is 13.5. The quantitative estimate of drug-likeness (QED) is 0.0257. The molecule has 4 rings (SSSR count). The van der Waals surface area contributed by atoms with Crippen LogP contribution in [0.3, 0.4) is 0 Å². The fourth-order valence-corrected chi connectivity index (χ4v) is 7.33. The maximum Gasteiger partial charge on any atom is 0.422 e. The number of amides is 1. The van der Waals surface area contributed by atoms with Crippen LogP contribution in [0.2, 0.25) is 0 Å². The number of rotatable bonds is 22. The van der Waals surface area contributed by atoms with Gasteiger partial charge in [-0.15, -0.1) is 0 Å². The van der Waals surface area contributed by atoms with Crippen LogP contribution in [-0.4, -0.2) is 75.2 Å². The molecule has 0 saturated carbocycles. The molecule has 0 fully saturated rings. The Kier molecular flexibility index (Phi) is 16.7. The van der Waals surface area contributed by atoms with Crippen molar-refractivity contribution in [3.63, 3.8) is 0 Å². The summed E-state index contributed by atoms with van der Waals surface area (Å²) >= 11 is 0. The fraction of sp³-hybridized carbons (Fsp3) is 0.404. The molecule has 0 spiro atoms. The summed E-state index contributed by atoms with van der Waals surface area (Å²) in [5, 5.41) is 10.9. The van der Waals surface area contributed by atoms with Crippen molar-refractivity contribution in [1.82, 2.24) is 5.48 Å². The lowest BCUT2D eigenvalue weighted by molar-refractivity contribution is -0.197. The number of hydrogen-bond acceptors (Lipinski definition) is 11. The van der Waals surface area contributed by atoms with Crippen LogP contribution in [-0.2, 0) is 43.8 Å². The summed E-state index contributed by atoms with van der Waals surface area (Å²) in [6.45, 7) is 5.15. The highest BCUT2D eigenvalue weighted by Crippen LogP contribution is 2.46. The van der Waals surface area contributed by atoms with Gasteiger partial charge in [-0.2, -0.15) is 13.2 Å². The predicted octanol–water partition coefficient (Wildman–Crippen LogP) is 8.49. The van der Waals surface area contributed by atoms with Gasteiger partial charge < -0.3 is 28.8 Å². The minimum absolute atomic E-state index is 0.0752. The van der Waals surface area contributed by atoms with Crippen molar-refractivity contribution in [2.45, 2.75) is 65.7 Å². The summed E-state index contributed by atoms with van der Waals surface area (Å²) in [5.74, 6) is -3.76. The van der Waals surface area contributed by atoms with Crippen LogP contribution in [0, 0.1) is 16.2 Å². The van der Waals surface area contributed by atoms with Gasteiger partial charge in [0.15, 0.2) is 12.2 Å². The van der Waals surface area contributed by atoms with E-state index >= 15 is 0 Å². The minimum Gasteiger partial charge on any atom is -0.507 e. The fourth-order valence-electron chi connectivity index (χ4n) is 7.33. The van der Waals surface area contributed by atoms with Gasteiger partial charge in [-0.25, -0.2) is 5.48 Å². The number of aromatic hydroxyl groups is 1. The summed E-state index contributed by atoms with van der Waals surface area (Å²) in [7, 11) is 1.42. The standard InChI is InChI=1S/C47H54F3NO11/c1-7-44(4,41(55)60-26-25-57-6)31-45(5,42(56)61-32-46(48,49)50)30-43(2,3)40(54)59-28-27-58-36-23-24-37(38(52)29-36)39(53)51-62-47(33-17-11-8-12-18-33,34-19-13-9-14-20-34)35-21-15-10-16-22-35/h8-24,29,52H,7,25-28,30-32H2,1-6H3,(H,51,53). The van der Waals surface area contributed by atoms with Gasteiger partial charge in [0.05, 0.1) is 28.4 Å². The molecule has 15 heteroatoms. The van der Waals surface area contributed by atoms with Gasteiger partial charge in [0.2, 0.25) is 0 Å². The largest absolute Gasteiger partial charge is 0.507 e. The normalized spacial score (nSPS) is 13.8. The zero-order valence-corrected chi connectivity index (χ0v) is 35.7. The van der Waals surface area contributed by atoms with E-state index in [0.717, 1.165) is 16.7 Å². The summed E-state index contributed by atoms with van der Waals surface area (Å²) in [5.41, 5.74) is -1.20. The van der Waals surface area contributed by atoms with Crippen LogP contribution in [0.25, 0.3) is 0 Å². The Hall–Kier alpha value is -5.93. The molecule has 2 atom stereocenters. The summed E-state index contributed by atoms with van der Waals surface area (Å²) in [6.07, 6.45) is -5.29. The van der Waals surface area contributed by atoms with Crippen molar-refractivity contribution in [3.8, 4) is 11.5 Å². The molecule has 12 nitrogen and oxygen atoms in total. The zero-order valence-electron chi connectivity index (χ0n) is 35.7. The molecule has 4 aromatic carbocycles. The number of phenolic OH excluding ortho intramolecular Hbond substituents is 1. The van der Waals surface area contributed by atoms with E-state index in [0.29, 0.717) is 0 Å². The van der Waals surface area contributed by atoms with Crippen LogP contribution in [0.4, 0.5) is 13.2 Å². The first kappa shape index (κ1) is 48.7. The van der Waals surface area contributed by atoms with Crippen molar-refractivity contribution in [2.24, 2.45) is 16.2 Å². The second-order valence-corrected chi connectivity index (χ2v) is 16.0. The molecule has 0 radical (unpaired) electrons. The van der Waals surface area contributed by atoms with Crippen LogP contribution < -0.4 is 10.2 Å². The molecular formula is C47H54F3NO11. The lowest BCUT2D eigenvalue weighted by Crippen LogP contribution is -2.45. The van der Waals surface area contributed by atoms with Crippen molar-refractivity contribution in [2.75, 3.05) is 40.1 Å². The van der Waals surface area contributed by atoms with E-state index in [2.05, 4.69) is 10.2 Å². The molecular weight excluding hydrogens is 812 g/mol. The average molecular weight is 866 g/mol. The molecule has 0 aromatic heterocycles. The van der Waals surface area contributed by atoms with Crippen molar-refractivity contribution < 1.29 is 66.0 Å². The monoisotopic (exact) mass is 865 g/mol. The number of phenols is 1. The van der Waals surface area contributed by atoms with E-state index in [9.17, 15) is 37.5 Å². The number of esters is 3. The number of alkyl halides is 3. The van der Waals surface area contributed by atoms with Gasteiger partial charge in [0, 0.05) is 13.2 Å². The van der Waals surface area contributed by atoms with E-state index in [4.69, 9.17) is 23.8 Å². The topological polar surface area (TPSA) is 156 Å². The minimum atomic E-state index is -4.81. The molecule has 2 unspecified atom stereocenters. The number of hydroxylamine groups is 1. The van der Waals surface area contributed by atoms with Gasteiger partial charge in [-0.05, 0) is 75.8 Å². The highest BCUT2D eigenvalue weighted by molar-refractivity contribution is 5.96. The summed E-state index contributed by atoms with van der Waals surface area (Å²) < 4.78 is 65.3. The number of hydrogen-bond donors (Lipinski definition) is 2. The summed E-state index contributed by atoms with van der Waals surface area (Å²) in [4.78, 5) is 59.8. The van der Waals surface area contributed by atoms with Gasteiger partial charge >= 0.3 is 24.1 Å². The first-order valence-corrected chi connectivity index (χ1v) is 20.0. The molecule has 0 bridgehead atoms. The molecule has 1 amide bonds. The number of nitrogens with one attached hydrogen (secondary N) is 1. The zero-order chi connectivity index (χ0) is 45.6. The van der Waals surface area contributed by atoms with Crippen LogP contribution in [0.5, 0.6) is 11.5 Å². The first-order valence-electron chi connectivity index (χ1n) is 20.0. The van der Waals surface area contributed by atoms with Gasteiger partial charge in [-0.3, -0.25) is 24.0 Å². The maximum atomic E-state index is 13.5. The smallest absolute Gasteiger partial charge is 0.422 e. The Morgan fingerprint density at radius 2 is 1.13 bits per heavy atom. The number of carbonyl (C=O) groups excluding carboxylic acids is 4. The third-order valence-electron chi connectivity index (χ3n) is 10.5. The van der Waals surface area contributed by atoms with Crippen LogP contribution in [0.15, 0.2) is 109 Å². The molecule has 0 saturated heterocycles. The molecule has 0 heterocycles. The van der Waals surface area contributed by atoms with Crippen LogP contribution >= 0.6 is 0 Å². The number of halogens is 3. The van der Waals surface area contributed by atoms with Gasteiger partial charge in [0.25, 0.3) is 5.91 Å². The third kappa shape index (κ3) is 12.6. The molecule has 62 heavy (non-hydrogen) atoms. The molecule has 0 aliphatic heterocycles. The van der Waals surface area contributed by atoms with Crippen LogP contribution in [0.1, 0.15) is 80.9 Å². The number of methoxy groups -OCH3 is 1. The van der Waals surface area contributed by atoms with E-state index in [1.54, 1.807) is 6.92 Å². The SMILES string of the molecule is CCC(C)(CC(C)(CC(C)(C)C(=O)OCCOc1ccc(C(=O)NOC(c2ccccc2)(c2ccccc2)c2ccccc2)c(O)c1)C(=O)OCC(F)(F)F)C(=O)OCCOC. The molecule has 0 aliphatic rings. The lowest BCUT2D eigenvalue weighted by atomic mass is 9.65. The van der Waals surface area contributed by atoms with E-state index in [1.165, 1.54) is 53.0 Å². The Bertz CT molecular complexity index is 2000. The van der Waals surface area contributed by atoms with E-state index in [-0.39, 0.29) is 57.0 Å². The Morgan fingerprint density at radius 1 is 0.629 bits per heavy atom. The number of benzene rings is 4. The summed E-state index contributed by atoms with van der Waals surface area (Å²) in [6, 6.07) is 32.1.